The molecule has 1 amide bonds. The summed E-state index contributed by atoms with van der Waals surface area (Å²) in [7, 11) is 0. The van der Waals surface area contributed by atoms with Gasteiger partial charge < -0.3 is 21.4 Å². The lowest BCUT2D eigenvalue weighted by Gasteiger charge is -2.13. The standard InChI is InChI=1S/C17H24N4OS.C10H11FN2.C2H6/c1-4-18-7-8-19-16(22)11-20-15-6-5-14(9-12(15)2)17-21-10-13(3)23-17;1-2-12-13-6-8-3-4-10(11)5-9(8)7-13;1-2/h5-6,9-10,18,20H,4,7-8,11H2,1-3H3,(H,19,22);2-5,12H,1,6-7H2;1-2H3. The summed E-state index contributed by atoms with van der Waals surface area (Å²) in [5.74, 6) is -0.166. The van der Waals surface area contributed by atoms with E-state index >= 15 is 0 Å². The van der Waals surface area contributed by atoms with E-state index in [0.29, 0.717) is 6.54 Å². The summed E-state index contributed by atoms with van der Waals surface area (Å²) in [5.41, 5.74) is 8.41. The number of aromatic nitrogens is 1. The van der Waals surface area contributed by atoms with E-state index in [4.69, 9.17) is 0 Å². The number of likely N-dealkylation sites (N-methyl/N-ethyl adjacent to an activating group) is 1. The van der Waals surface area contributed by atoms with Crippen molar-refractivity contribution >= 4 is 22.9 Å². The zero-order chi connectivity index (χ0) is 27.9. The van der Waals surface area contributed by atoms with Crippen LogP contribution in [-0.2, 0) is 17.9 Å². The van der Waals surface area contributed by atoms with Gasteiger partial charge in [-0.1, -0.05) is 33.4 Å². The van der Waals surface area contributed by atoms with E-state index in [1.54, 1.807) is 23.6 Å². The molecule has 4 N–H and O–H groups in total. The molecule has 1 aromatic heterocycles. The van der Waals surface area contributed by atoms with Gasteiger partial charge in [0.05, 0.1) is 6.54 Å². The Morgan fingerprint density at radius 3 is 2.55 bits per heavy atom. The first-order valence-electron chi connectivity index (χ1n) is 13.0. The number of aryl methyl sites for hydroxylation is 2. The molecule has 0 spiro atoms. The Morgan fingerprint density at radius 2 is 1.89 bits per heavy atom. The molecule has 4 rings (SSSR count). The lowest BCUT2D eigenvalue weighted by Crippen LogP contribution is -2.35. The summed E-state index contributed by atoms with van der Waals surface area (Å²) in [6.45, 7) is 17.9. The van der Waals surface area contributed by atoms with Crippen LogP contribution in [0.15, 0.2) is 55.4 Å². The fourth-order valence-corrected chi connectivity index (χ4v) is 4.53. The third-order valence-electron chi connectivity index (χ3n) is 5.57. The van der Waals surface area contributed by atoms with Crippen LogP contribution in [0.3, 0.4) is 0 Å². The largest absolute Gasteiger partial charge is 0.376 e. The number of thiazole rings is 1. The third kappa shape index (κ3) is 9.89. The van der Waals surface area contributed by atoms with Crippen molar-refractivity contribution in [2.75, 3.05) is 31.5 Å². The minimum Gasteiger partial charge on any atom is -0.376 e. The van der Waals surface area contributed by atoms with E-state index in [2.05, 4.69) is 45.9 Å². The van der Waals surface area contributed by atoms with Crippen molar-refractivity contribution in [2.45, 2.75) is 47.7 Å². The molecule has 1 aliphatic heterocycles. The topological polar surface area (TPSA) is 81.3 Å². The van der Waals surface area contributed by atoms with E-state index in [0.717, 1.165) is 53.6 Å². The van der Waals surface area contributed by atoms with Crippen molar-refractivity contribution < 1.29 is 9.18 Å². The van der Waals surface area contributed by atoms with Crippen LogP contribution in [0.4, 0.5) is 10.1 Å². The Kier molecular flexibility index (Phi) is 13.5. The van der Waals surface area contributed by atoms with Gasteiger partial charge in [-0.3, -0.25) is 4.79 Å². The average molecular weight is 541 g/mol. The number of carbonyl (C=O) groups excluding carboxylic acids is 1. The third-order valence-corrected chi connectivity index (χ3v) is 6.53. The highest BCUT2D eigenvalue weighted by Gasteiger charge is 2.17. The zero-order valence-corrected chi connectivity index (χ0v) is 24.0. The van der Waals surface area contributed by atoms with Gasteiger partial charge in [0, 0.05) is 54.7 Å². The molecule has 7 nitrogen and oxygen atoms in total. The molecule has 0 bridgehead atoms. The highest BCUT2D eigenvalue weighted by atomic mass is 32.1. The number of fused-ring (bicyclic) bond motifs is 1. The van der Waals surface area contributed by atoms with E-state index < -0.39 is 0 Å². The van der Waals surface area contributed by atoms with Gasteiger partial charge >= 0.3 is 0 Å². The van der Waals surface area contributed by atoms with Crippen molar-refractivity contribution in [1.82, 2.24) is 26.1 Å². The van der Waals surface area contributed by atoms with Crippen molar-refractivity contribution in [1.29, 1.82) is 0 Å². The monoisotopic (exact) mass is 540 g/mol. The fourth-order valence-electron chi connectivity index (χ4n) is 3.77. The van der Waals surface area contributed by atoms with Gasteiger partial charge in [0.1, 0.15) is 10.8 Å². The number of rotatable bonds is 10. The fraction of sp³-hybridized carbons (Fsp3) is 0.379. The Balaban J connectivity index is 0.000000284. The Hall–Kier alpha value is -3.27. The van der Waals surface area contributed by atoms with Crippen LogP contribution in [0.2, 0.25) is 0 Å². The maximum atomic E-state index is 12.8. The molecular formula is C29H41FN6OS. The van der Waals surface area contributed by atoms with Gasteiger partial charge in [-0.25, -0.2) is 14.4 Å². The molecule has 0 radical (unpaired) electrons. The lowest BCUT2D eigenvalue weighted by molar-refractivity contribution is -0.119. The number of anilines is 1. The Bertz CT molecular complexity index is 1170. The Morgan fingerprint density at radius 1 is 1.13 bits per heavy atom. The van der Waals surface area contributed by atoms with Crippen LogP contribution in [0.1, 0.15) is 42.3 Å². The summed E-state index contributed by atoms with van der Waals surface area (Å²) < 4.78 is 12.8. The number of hydrazine groups is 1. The maximum Gasteiger partial charge on any atom is 0.239 e. The number of benzene rings is 2. The van der Waals surface area contributed by atoms with Crippen LogP contribution in [-0.4, -0.2) is 42.1 Å². The Labute approximate surface area is 230 Å². The van der Waals surface area contributed by atoms with Crippen LogP contribution < -0.4 is 21.4 Å². The van der Waals surface area contributed by atoms with Crippen molar-refractivity contribution in [3.63, 3.8) is 0 Å². The molecule has 0 fully saturated rings. The molecule has 0 unspecified atom stereocenters. The van der Waals surface area contributed by atoms with Crippen molar-refractivity contribution in [3.8, 4) is 10.6 Å². The summed E-state index contributed by atoms with van der Waals surface area (Å²) in [5, 5.41) is 12.2. The van der Waals surface area contributed by atoms with Crippen LogP contribution in [0.5, 0.6) is 0 Å². The van der Waals surface area contributed by atoms with Crippen molar-refractivity contribution in [3.05, 3.63) is 82.8 Å². The normalized spacial score (nSPS) is 11.8. The number of halogens is 1. The van der Waals surface area contributed by atoms with E-state index in [9.17, 15) is 9.18 Å². The number of nitrogens with one attached hydrogen (secondary N) is 4. The summed E-state index contributed by atoms with van der Waals surface area (Å²) in [6.07, 6.45) is 3.52. The molecule has 1 aliphatic rings. The molecule has 9 heteroatoms. The lowest BCUT2D eigenvalue weighted by atomic mass is 10.1. The second kappa shape index (κ2) is 16.5. The van der Waals surface area contributed by atoms with Gasteiger partial charge in [-0.15, -0.1) is 11.3 Å². The van der Waals surface area contributed by atoms with Crippen LogP contribution in [0.25, 0.3) is 10.6 Å². The molecule has 0 atom stereocenters. The summed E-state index contributed by atoms with van der Waals surface area (Å²) in [4.78, 5) is 17.4. The first-order valence-corrected chi connectivity index (χ1v) is 13.8. The molecule has 2 aromatic carbocycles. The summed E-state index contributed by atoms with van der Waals surface area (Å²) >= 11 is 1.69. The average Bonchev–Trinajstić information content (AvgIpc) is 3.53. The first kappa shape index (κ1) is 31.0. The molecule has 206 valence electrons. The molecule has 2 heterocycles. The number of hydrogen-bond acceptors (Lipinski definition) is 7. The maximum absolute atomic E-state index is 12.8. The van der Waals surface area contributed by atoms with Gasteiger partial charge in [0.25, 0.3) is 0 Å². The highest BCUT2D eigenvalue weighted by molar-refractivity contribution is 7.14. The predicted molar refractivity (Wildman–Crippen MR) is 157 cm³/mol. The number of carbonyl (C=O) groups is 1. The van der Waals surface area contributed by atoms with Crippen LogP contribution in [0, 0.1) is 19.7 Å². The number of hydrogen-bond donors (Lipinski definition) is 4. The molecule has 0 saturated heterocycles. The second-order valence-electron chi connectivity index (χ2n) is 8.47. The quantitative estimate of drug-likeness (QED) is 0.259. The van der Waals surface area contributed by atoms with Gasteiger partial charge in [0.15, 0.2) is 0 Å². The minimum absolute atomic E-state index is 0.00179. The highest BCUT2D eigenvalue weighted by Crippen LogP contribution is 2.28. The molecule has 38 heavy (non-hydrogen) atoms. The smallest absolute Gasteiger partial charge is 0.239 e. The minimum atomic E-state index is -0.167. The zero-order valence-electron chi connectivity index (χ0n) is 23.2. The molecule has 0 saturated carbocycles. The SMILES string of the molecule is C=CNN1Cc2ccc(F)cc2C1.CC.CCNCCNC(=O)CNc1ccc(-c2ncc(C)s2)cc1C. The van der Waals surface area contributed by atoms with Gasteiger partial charge in [0.2, 0.25) is 5.91 Å². The molecular weight excluding hydrogens is 499 g/mol. The van der Waals surface area contributed by atoms with E-state index in [1.807, 2.05) is 57.1 Å². The predicted octanol–water partition coefficient (Wildman–Crippen LogP) is 5.38. The second-order valence-corrected chi connectivity index (χ2v) is 9.70. The van der Waals surface area contributed by atoms with Gasteiger partial charge in [-0.2, -0.15) is 0 Å². The number of nitrogens with zero attached hydrogens (tertiary/aromatic N) is 2. The van der Waals surface area contributed by atoms with Crippen LogP contribution >= 0.6 is 11.3 Å². The molecule has 0 aliphatic carbocycles. The first-order chi connectivity index (χ1) is 18.4. The van der Waals surface area contributed by atoms with E-state index in [-0.39, 0.29) is 18.3 Å². The number of amides is 1. The van der Waals surface area contributed by atoms with Gasteiger partial charge in [-0.05, 0) is 67.4 Å². The summed E-state index contributed by atoms with van der Waals surface area (Å²) in [6, 6.07) is 11.1. The van der Waals surface area contributed by atoms with E-state index in [1.165, 1.54) is 16.5 Å². The van der Waals surface area contributed by atoms with Crippen molar-refractivity contribution in [2.24, 2.45) is 0 Å². The molecule has 3 aromatic rings.